The molecule has 0 bridgehead atoms. The normalized spacial score (nSPS) is 26.0. The van der Waals surface area contributed by atoms with Gasteiger partial charge in [0.25, 0.3) is 0 Å². The van der Waals surface area contributed by atoms with Gasteiger partial charge >= 0.3 is 5.97 Å². The number of aliphatic hydroxyl groups excluding tert-OH is 2. The van der Waals surface area contributed by atoms with Crippen molar-refractivity contribution in [1.82, 2.24) is 0 Å². The minimum atomic E-state index is -0.748. The third-order valence-electron chi connectivity index (χ3n) is 4.64. The number of rotatable bonds is 11. The second kappa shape index (κ2) is 10.6. The van der Waals surface area contributed by atoms with E-state index in [1.165, 1.54) is 0 Å². The second-order valence-corrected chi connectivity index (χ2v) is 6.49. The molecular weight excluding hydrogens is 296 g/mol. The fourth-order valence-electron chi connectivity index (χ4n) is 3.25. The number of carboxylic acid groups (broad SMARTS) is 1. The number of ketones is 1. The monoisotopic (exact) mass is 326 g/mol. The number of hydrogen-bond donors (Lipinski definition) is 3. The third-order valence-corrected chi connectivity index (χ3v) is 4.64. The predicted octanol–water partition coefficient (Wildman–Crippen LogP) is 2.69. The Morgan fingerprint density at radius 1 is 1.26 bits per heavy atom. The van der Waals surface area contributed by atoms with E-state index >= 15 is 0 Å². The summed E-state index contributed by atoms with van der Waals surface area (Å²) in [5.74, 6) is -0.977. The van der Waals surface area contributed by atoms with Gasteiger partial charge in [0.2, 0.25) is 0 Å². The molecule has 1 saturated carbocycles. The molecule has 5 heteroatoms. The topological polar surface area (TPSA) is 94.8 Å². The van der Waals surface area contributed by atoms with Gasteiger partial charge in [0.15, 0.2) is 0 Å². The van der Waals surface area contributed by atoms with E-state index in [9.17, 15) is 19.8 Å². The maximum Gasteiger partial charge on any atom is 0.303 e. The zero-order chi connectivity index (χ0) is 17.2. The molecule has 0 unspecified atom stereocenters. The zero-order valence-corrected chi connectivity index (χ0v) is 14.0. The lowest BCUT2D eigenvalue weighted by molar-refractivity contribution is -0.137. The summed E-state index contributed by atoms with van der Waals surface area (Å²) in [4.78, 5) is 22.2. The van der Waals surface area contributed by atoms with Gasteiger partial charge in [-0.05, 0) is 25.2 Å². The molecule has 0 spiro atoms. The first kappa shape index (κ1) is 19.8. The molecule has 132 valence electrons. The standard InChI is InChI=1S/C18H30O5/c1-2-14-15(17(21)12-16(14)20)11-10-13(19)8-6-4-3-5-7-9-18(22)23/h10-11,13-16,19-20H,2-9,12H2,1H3,(H,22,23)/b11-10+/t13-,14-,15+,16+/m0/s1. The molecule has 23 heavy (non-hydrogen) atoms. The lowest BCUT2D eigenvalue weighted by Crippen LogP contribution is -2.18. The summed E-state index contributed by atoms with van der Waals surface area (Å²) in [7, 11) is 0. The predicted molar refractivity (Wildman–Crippen MR) is 88.0 cm³/mol. The van der Waals surface area contributed by atoms with Crippen LogP contribution in [-0.4, -0.2) is 39.3 Å². The Balaban J connectivity index is 2.19. The Kier molecular flexibility index (Phi) is 9.10. The number of unbranched alkanes of at least 4 members (excludes halogenated alkanes) is 4. The van der Waals surface area contributed by atoms with E-state index in [4.69, 9.17) is 5.11 Å². The Bertz CT molecular complexity index is 404. The molecule has 0 radical (unpaired) electrons. The van der Waals surface area contributed by atoms with Crippen LogP contribution >= 0.6 is 0 Å². The number of carbonyl (C=O) groups is 2. The molecule has 0 aromatic rings. The lowest BCUT2D eigenvalue weighted by Gasteiger charge is -2.16. The van der Waals surface area contributed by atoms with Crippen LogP contribution in [0.2, 0.25) is 0 Å². The molecule has 0 saturated heterocycles. The van der Waals surface area contributed by atoms with E-state index in [1.807, 2.05) is 6.92 Å². The van der Waals surface area contributed by atoms with Crippen LogP contribution in [0.1, 0.15) is 64.7 Å². The Morgan fingerprint density at radius 3 is 2.57 bits per heavy atom. The maximum atomic E-state index is 11.8. The molecule has 1 aliphatic rings. The zero-order valence-electron chi connectivity index (χ0n) is 14.0. The van der Waals surface area contributed by atoms with Crippen molar-refractivity contribution in [2.75, 3.05) is 0 Å². The SMILES string of the molecule is CC[C@@H]1[C@H](O)CC(=O)[C@@H]1/C=C/[C@@H](O)CCCCCCCC(=O)O. The van der Waals surface area contributed by atoms with E-state index in [0.29, 0.717) is 12.8 Å². The molecule has 0 aliphatic heterocycles. The minimum absolute atomic E-state index is 0.0276. The van der Waals surface area contributed by atoms with Gasteiger partial charge in [0.1, 0.15) is 5.78 Å². The summed E-state index contributed by atoms with van der Waals surface area (Å²) >= 11 is 0. The van der Waals surface area contributed by atoms with Gasteiger partial charge in [-0.25, -0.2) is 0 Å². The number of carbonyl (C=O) groups excluding carboxylic acids is 1. The molecule has 1 fully saturated rings. The van der Waals surface area contributed by atoms with Crippen LogP contribution in [0, 0.1) is 11.8 Å². The second-order valence-electron chi connectivity index (χ2n) is 6.49. The van der Waals surface area contributed by atoms with E-state index in [2.05, 4.69) is 0 Å². The molecule has 1 aliphatic carbocycles. The van der Waals surface area contributed by atoms with Crippen molar-refractivity contribution in [2.45, 2.75) is 76.9 Å². The molecule has 0 amide bonds. The van der Waals surface area contributed by atoms with Crippen molar-refractivity contribution < 1.29 is 24.9 Å². The molecule has 0 aromatic carbocycles. The summed E-state index contributed by atoms with van der Waals surface area (Å²) in [5, 5.41) is 28.3. The van der Waals surface area contributed by atoms with Gasteiger partial charge < -0.3 is 15.3 Å². The van der Waals surface area contributed by atoms with E-state index in [1.54, 1.807) is 12.2 Å². The Morgan fingerprint density at radius 2 is 1.91 bits per heavy atom. The smallest absolute Gasteiger partial charge is 0.303 e. The van der Waals surface area contributed by atoms with E-state index in [0.717, 1.165) is 32.1 Å². The molecule has 0 heterocycles. The van der Waals surface area contributed by atoms with Gasteiger partial charge in [0, 0.05) is 18.8 Å². The number of Topliss-reactive ketones (excluding diaryl/α,β-unsaturated/α-hetero) is 1. The maximum absolute atomic E-state index is 11.8. The average molecular weight is 326 g/mol. The van der Waals surface area contributed by atoms with Crippen molar-refractivity contribution in [1.29, 1.82) is 0 Å². The fourth-order valence-corrected chi connectivity index (χ4v) is 3.25. The quantitative estimate of drug-likeness (QED) is 0.401. The highest BCUT2D eigenvalue weighted by Crippen LogP contribution is 2.32. The van der Waals surface area contributed by atoms with Crippen LogP contribution < -0.4 is 0 Å². The molecule has 1 rings (SSSR count). The molecule has 4 atom stereocenters. The number of carboxylic acids is 1. The van der Waals surface area contributed by atoms with Crippen molar-refractivity contribution in [3.8, 4) is 0 Å². The van der Waals surface area contributed by atoms with Crippen LogP contribution in [0.5, 0.6) is 0 Å². The highest BCUT2D eigenvalue weighted by molar-refractivity contribution is 5.85. The molecule has 5 nitrogen and oxygen atoms in total. The van der Waals surface area contributed by atoms with Crippen molar-refractivity contribution in [3.63, 3.8) is 0 Å². The van der Waals surface area contributed by atoms with Gasteiger partial charge in [-0.2, -0.15) is 0 Å². The summed E-state index contributed by atoms with van der Waals surface area (Å²) < 4.78 is 0. The molecule has 3 N–H and O–H groups in total. The summed E-state index contributed by atoms with van der Waals surface area (Å²) in [5.41, 5.74) is 0. The van der Waals surface area contributed by atoms with Gasteiger partial charge in [-0.15, -0.1) is 0 Å². The summed E-state index contributed by atoms with van der Waals surface area (Å²) in [6, 6.07) is 0. The van der Waals surface area contributed by atoms with Gasteiger partial charge in [0.05, 0.1) is 12.2 Å². The first-order valence-electron chi connectivity index (χ1n) is 8.74. The molecular formula is C18H30O5. The number of aliphatic hydroxyl groups is 2. The summed E-state index contributed by atoms with van der Waals surface area (Å²) in [6.07, 6.45) is 8.66. The minimum Gasteiger partial charge on any atom is -0.481 e. The highest BCUT2D eigenvalue weighted by Gasteiger charge is 2.38. The number of allylic oxidation sites excluding steroid dienone is 1. The van der Waals surface area contributed by atoms with Crippen LogP contribution in [-0.2, 0) is 9.59 Å². The van der Waals surface area contributed by atoms with Crippen LogP contribution in [0.15, 0.2) is 12.2 Å². The first-order chi connectivity index (χ1) is 11.0. The van der Waals surface area contributed by atoms with Crippen molar-refractivity contribution in [2.24, 2.45) is 11.8 Å². The van der Waals surface area contributed by atoms with Crippen molar-refractivity contribution in [3.05, 3.63) is 12.2 Å². The van der Waals surface area contributed by atoms with Gasteiger partial charge in [-0.1, -0.05) is 44.8 Å². The average Bonchev–Trinajstić information content (AvgIpc) is 2.76. The van der Waals surface area contributed by atoms with Crippen molar-refractivity contribution >= 4 is 11.8 Å². The third kappa shape index (κ3) is 7.27. The van der Waals surface area contributed by atoms with E-state index < -0.39 is 18.2 Å². The van der Waals surface area contributed by atoms with Crippen LogP contribution in [0.3, 0.4) is 0 Å². The lowest BCUT2D eigenvalue weighted by atomic mass is 9.91. The van der Waals surface area contributed by atoms with Crippen LogP contribution in [0.4, 0.5) is 0 Å². The van der Waals surface area contributed by atoms with Gasteiger partial charge in [-0.3, -0.25) is 9.59 Å². The largest absolute Gasteiger partial charge is 0.481 e. The number of aliphatic carboxylic acids is 1. The summed E-state index contributed by atoms with van der Waals surface area (Å²) in [6.45, 7) is 1.97. The first-order valence-corrected chi connectivity index (χ1v) is 8.74. The molecule has 0 aromatic heterocycles. The Labute approximate surface area is 138 Å². The van der Waals surface area contributed by atoms with E-state index in [-0.39, 0.29) is 30.5 Å². The fraction of sp³-hybridized carbons (Fsp3) is 0.778. The van der Waals surface area contributed by atoms with Crippen LogP contribution in [0.25, 0.3) is 0 Å². The Hall–Kier alpha value is -1.20. The highest BCUT2D eigenvalue weighted by atomic mass is 16.4. The number of hydrogen-bond acceptors (Lipinski definition) is 4.